The summed E-state index contributed by atoms with van der Waals surface area (Å²) >= 11 is 0. The van der Waals surface area contributed by atoms with E-state index in [0.717, 1.165) is 4.68 Å². The molecular formula is C6H9FN2O. The number of aromatic nitrogens is 2. The number of nitrogens with zero attached hydrogens (tertiary/aromatic N) is 1. The van der Waals surface area contributed by atoms with Crippen molar-refractivity contribution in [2.75, 3.05) is 0 Å². The van der Waals surface area contributed by atoms with Crippen molar-refractivity contribution in [3.05, 3.63) is 21.9 Å². The number of hydrogen-bond acceptors (Lipinski definition) is 1. The molecule has 1 aromatic heterocycles. The van der Waals surface area contributed by atoms with E-state index < -0.39 is 11.4 Å². The van der Waals surface area contributed by atoms with E-state index in [9.17, 15) is 9.18 Å². The fraction of sp³-hybridized carbons (Fsp3) is 0.500. The first-order valence-corrected chi connectivity index (χ1v) is 3.10. The van der Waals surface area contributed by atoms with Crippen molar-refractivity contribution in [1.29, 1.82) is 0 Å². The first-order valence-electron chi connectivity index (χ1n) is 3.10. The maximum Gasteiger partial charge on any atom is 0.302 e. The summed E-state index contributed by atoms with van der Waals surface area (Å²) in [5.41, 5.74) is -0.218. The van der Waals surface area contributed by atoms with E-state index in [-0.39, 0.29) is 0 Å². The number of nitrogens with one attached hydrogen (secondary N) is 1. The average molecular weight is 144 g/mol. The van der Waals surface area contributed by atoms with Crippen LogP contribution in [0.3, 0.4) is 0 Å². The predicted molar refractivity (Wildman–Crippen MR) is 35.4 cm³/mol. The van der Waals surface area contributed by atoms with Crippen LogP contribution in [0.1, 0.15) is 12.6 Å². The lowest BCUT2D eigenvalue weighted by atomic mass is 10.3. The molecule has 3 nitrogen and oxygen atoms in total. The first-order chi connectivity index (χ1) is 4.66. The van der Waals surface area contributed by atoms with Crippen molar-refractivity contribution >= 4 is 0 Å². The van der Waals surface area contributed by atoms with Crippen LogP contribution >= 0.6 is 0 Å². The van der Waals surface area contributed by atoms with Crippen LogP contribution in [0.2, 0.25) is 0 Å². The van der Waals surface area contributed by atoms with Gasteiger partial charge in [-0.2, -0.15) is 4.39 Å². The van der Waals surface area contributed by atoms with Gasteiger partial charge >= 0.3 is 5.56 Å². The molecule has 0 saturated carbocycles. The molecule has 0 bridgehead atoms. The summed E-state index contributed by atoms with van der Waals surface area (Å²) in [6.45, 7) is 1.79. The van der Waals surface area contributed by atoms with Gasteiger partial charge in [0.25, 0.3) is 0 Å². The quantitative estimate of drug-likeness (QED) is 0.609. The largest absolute Gasteiger partial charge is 0.302 e. The van der Waals surface area contributed by atoms with Crippen LogP contribution in [-0.2, 0) is 13.5 Å². The van der Waals surface area contributed by atoms with Crippen molar-refractivity contribution in [2.24, 2.45) is 7.05 Å². The Kier molecular flexibility index (Phi) is 1.61. The minimum atomic E-state index is -0.662. The molecule has 56 valence electrons. The number of H-pyrrole nitrogens is 1. The monoisotopic (exact) mass is 144 g/mol. The molecule has 0 aromatic carbocycles. The molecule has 1 N–H and O–H groups in total. The predicted octanol–water partition coefficient (Wildman–Crippen LogP) is 0.415. The highest BCUT2D eigenvalue weighted by atomic mass is 19.1. The zero-order valence-corrected chi connectivity index (χ0v) is 5.94. The molecule has 10 heavy (non-hydrogen) atoms. The second-order valence-corrected chi connectivity index (χ2v) is 2.12. The highest BCUT2D eigenvalue weighted by molar-refractivity contribution is 5.02. The van der Waals surface area contributed by atoms with Gasteiger partial charge in [0.05, 0.1) is 5.69 Å². The SMILES string of the molecule is CCc1[nH]n(C)c(=O)c1F. The smallest absolute Gasteiger partial charge is 0.297 e. The Bertz CT molecular complexity index is 286. The van der Waals surface area contributed by atoms with E-state index in [2.05, 4.69) is 5.10 Å². The highest BCUT2D eigenvalue weighted by Crippen LogP contribution is 1.97. The summed E-state index contributed by atoms with van der Waals surface area (Å²) in [6, 6.07) is 0. The lowest BCUT2D eigenvalue weighted by Gasteiger charge is -1.86. The van der Waals surface area contributed by atoms with Gasteiger partial charge in [-0.3, -0.25) is 14.6 Å². The average Bonchev–Trinajstić information content (AvgIpc) is 2.17. The molecule has 0 radical (unpaired) electrons. The van der Waals surface area contributed by atoms with Crippen LogP contribution in [0.15, 0.2) is 4.79 Å². The lowest BCUT2D eigenvalue weighted by molar-refractivity contribution is 0.599. The molecule has 0 aliphatic carbocycles. The summed E-state index contributed by atoms with van der Waals surface area (Å²) in [7, 11) is 1.49. The Hall–Kier alpha value is -1.06. The summed E-state index contributed by atoms with van der Waals surface area (Å²) in [4.78, 5) is 10.7. The zero-order valence-electron chi connectivity index (χ0n) is 5.94. The molecule has 0 aliphatic heterocycles. The Morgan fingerprint density at radius 1 is 1.70 bits per heavy atom. The van der Waals surface area contributed by atoms with Gasteiger partial charge in [-0.05, 0) is 6.42 Å². The van der Waals surface area contributed by atoms with Gasteiger partial charge in [-0.25, -0.2) is 0 Å². The van der Waals surface area contributed by atoms with Gasteiger partial charge in [0.15, 0.2) is 0 Å². The fourth-order valence-corrected chi connectivity index (χ4v) is 0.813. The number of rotatable bonds is 1. The molecule has 0 amide bonds. The van der Waals surface area contributed by atoms with Gasteiger partial charge in [-0.15, -0.1) is 0 Å². The van der Waals surface area contributed by atoms with Crippen LogP contribution in [0.5, 0.6) is 0 Å². The standard InChI is InChI=1S/C6H9FN2O/c1-3-4-5(7)6(10)9(2)8-4/h8H,3H2,1-2H3. The Morgan fingerprint density at radius 3 is 2.50 bits per heavy atom. The molecule has 0 saturated heterocycles. The molecular weight excluding hydrogens is 135 g/mol. The topological polar surface area (TPSA) is 37.8 Å². The Balaban J connectivity index is 3.31. The third-order valence-electron chi connectivity index (χ3n) is 1.41. The number of aryl methyl sites for hydroxylation is 2. The third-order valence-corrected chi connectivity index (χ3v) is 1.41. The van der Waals surface area contributed by atoms with Crippen LogP contribution in [-0.4, -0.2) is 9.78 Å². The van der Waals surface area contributed by atoms with Crippen molar-refractivity contribution in [1.82, 2.24) is 9.78 Å². The summed E-state index contributed by atoms with van der Waals surface area (Å²) in [5, 5.41) is 2.59. The Labute approximate surface area is 57.5 Å². The van der Waals surface area contributed by atoms with Crippen LogP contribution in [0, 0.1) is 5.82 Å². The number of hydrogen-bond donors (Lipinski definition) is 1. The van der Waals surface area contributed by atoms with E-state index in [1.54, 1.807) is 6.92 Å². The summed E-state index contributed by atoms with van der Waals surface area (Å²) < 4.78 is 13.8. The minimum absolute atomic E-state index is 0.368. The normalized spacial score (nSPS) is 10.3. The van der Waals surface area contributed by atoms with Gasteiger partial charge in [0, 0.05) is 7.05 Å². The van der Waals surface area contributed by atoms with Gasteiger partial charge in [0.2, 0.25) is 5.82 Å². The van der Waals surface area contributed by atoms with Crippen molar-refractivity contribution in [3.8, 4) is 0 Å². The molecule has 4 heteroatoms. The first kappa shape index (κ1) is 7.05. The summed E-state index contributed by atoms with van der Waals surface area (Å²) in [5.74, 6) is -0.662. The van der Waals surface area contributed by atoms with E-state index in [0.29, 0.717) is 12.1 Å². The third kappa shape index (κ3) is 0.853. The Morgan fingerprint density at radius 2 is 2.30 bits per heavy atom. The second kappa shape index (κ2) is 2.28. The zero-order chi connectivity index (χ0) is 7.72. The molecule has 0 fully saturated rings. The molecule has 1 rings (SSSR count). The van der Waals surface area contributed by atoms with Crippen molar-refractivity contribution in [2.45, 2.75) is 13.3 Å². The second-order valence-electron chi connectivity index (χ2n) is 2.12. The minimum Gasteiger partial charge on any atom is -0.297 e. The summed E-state index contributed by atoms with van der Waals surface area (Å²) in [6.07, 6.45) is 0.516. The van der Waals surface area contributed by atoms with Crippen molar-refractivity contribution in [3.63, 3.8) is 0 Å². The van der Waals surface area contributed by atoms with E-state index >= 15 is 0 Å². The molecule has 0 atom stereocenters. The van der Waals surface area contributed by atoms with E-state index in [1.807, 2.05) is 0 Å². The molecule has 1 aromatic rings. The fourth-order valence-electron chi connectivity index (χ4n) is 0.813. The highest BCUT2D eigenvalue weighted by Gasteiger charge is 2.08. The van der Waals surface area contributed by atoms with Crippen LogP contribution < -0.4 is 5.56 Å². The van der Waals surface area contributed by atoms with Gasteiger partial charge < -0.3 is 0 Å². The van der Waals surface area contributed by atoms with Crippen LogP contribution in [0.4, 0.5) is 4.39 Å². The maximum atomic E-state index is 12.7. The lowest BCUT2D eigenvalue weighted by Crippen LogP contribution is -2.13. The number of aromatic amines is 1. The molecule has 0 unspecified atom stereocenters. The number of halogens is 1. The van der Waals surface area contributed by atoms with E-state index in [1.165, 1.54) is 7.05 Å². The van der Waals surface area contributed by atoms with Gasteiger partial charge in [-0.1, -0.05) is 6.92 Å². The van der Waals surface area contributed by atoms with E-state index in [4.69, 9.17) is 0 Å². The molecule has 0 aliphatic rings. The van der Waals surface area contributed by atoms with Crippen LogP contribution in [0.25, 0.3) is 0 Å². The molecule has 1 heterocycles. The maximum absolute atomic E-state index is 12.7. The van der Waals surface area contributed by atoms with Gasteiger partial charge in [0.1, 0.15) is 0 Å². The van der Waals surface area contributed by atoms with Crippen molar-refractivity contribution < 1.29 is 4.39 Å². The molecule has 0 spiro atoms.